The van der Waals surface area contributed by atoms with E-state index in [1.807, 2.05) is 20.8 Å². The molecule has 0 radical (unpaired) electrons. The van der Waals surface area contributed by atoms with Gasteiger partial charge in [0.15, 0.2) is 0 Å². The fourth-order valence-corrected chi connectivity index (χ4v) is 7.92. The molecule has 7 nitrogen and oxygen atoms in total. The number of ether oxygens (including phenoxy) is 1. The lowest BCUT2D eigenvalue weighted by Crippen LogP contribution is -2.58. The summed E-state index contributed by atoms with van der Waals surface area (Å²) in [5, 5.41) is 9.13. The third-order valence-corrected chi connectivity index (χ3v) is 9.05. The zero-order valence-corrected chi connectivity index (χ0v) is 20.9. The fraction of sp³-hybridized carbons (Fsp3) is 0.720. The molecule has 1 spiro atoms. The van der Waals surface area contributed by atoms with E-state index in [-0.39, 0.29) is 36.2 Å². The molecule has 3 fully saturated rings. The average molecular weight is 479 g/mol. The van der Waals surface area contributed by atoms with E-state index in [9.17, 15) is 14.4 Å². The molecule has 2 unspecified atom stereocenters. The van der Waals surface area contributed by atoms with Crippen LogP contribution in [0, 0.1) is 11.8 Å². The minimum absolute atomic E-state index is 0.00871. The zero-order chi connectivity index (χ0) is 24.4. The predicted molar refractivity (Wildman–Crippen MR) is 130 cm³/mol. The molecule has 33 heavy (non-hydrogen) atoms. The molecule has 3 aliphatic rings. The number of carbonyl (C=O) groups is 3. The van der Waals surface area contributed by atoms with E-state index >= 15 is 0 Å². The number of fused-ring (bicyclic) bond motifs is 1. The van der Waals surface area contributed by atoms with Crippen LogP contribution in [0.1, 0.15) is 52.9 Å². The maximum absolute atomic E-state index is 14.1. The largest absolute Gasteiger partial charge is 0.461 e. The standard InChI is InChI=1S/C25H38N2O5S/c1-6-13-27(24(3,4)5)22(30)20-25-12-11-17(33-25)18(23(31)32-16-7-2)19(25)21(29)26(20)14-9-8-10-15-28/h6-7,17-20,28H,1-2,8-16H2,3-5H3/t17-,18+,19+,20?,25?/m1/s1. The lowest BCUT2D eigenvalue weighted by molar-refractivity contribution is -0.153. The predicted octanol–water partition coefficient (Wildman–Crippen LogP) is 2.78. The maximum atomic E-state index is 14.1. The molecule has 0 aliphatic carbocycles. The molecule has 184 valence electrons. The highest BCUT2D eigenvalue weighted by molar-refractivity contribution is 8.02. The Bertz CT molecular complexity index is 794. The Labute approximate surface area is 201 Å². The molecule has 3 saturated heterocycles. The van der Waals surface area contributed by atoms with Crippen molar-refractivity contribution in [2.75, 3.05) is 26.3 Å². The van der Waals surface area contributed by atoms with Gasteiger partial charge in [0.05, 0.1) is 16.6 Å². The number of amides is 2. The molecule has 0 aromatic carbocycles. The Kier molecular flexibility index (Phi) is 7.99. The van der Waals surface area contributed by atoms with Crippen molar-refractivity contribution in [2.24, 2.45) is 11.8 Å². The van der Waals surface area contributed by atoms with Gasteiger partial charge >= 0.3 is 5.97 Å². The van der Waals surface area contributed by atoms with Gasteiger partial charge in [0.1, 0.15) is 12.6 Å². The van der Waals surface area contributed by atoms with Crippen molar-refractivity contribution in [2.45, 2.75) is 74.5 Å². The SMILES string of the molecule is C=CCOC(=O)[C@@H]1[C@H]2C(=O)N(CCCCCO)C(C(=O)N(CC=C)C(C)(C)C)C23CC[C@H]1S3. The van der Waals surface area contributed by atoms with Crippen molar-refractivity contribution in [1.29, 1.82) is 0 Å². The van der Waals surface area contributed by atoms with Crippen molar-refractivity contribution in [3.8, 4) is 0 Å². The van der Waals surface area contributed by atoms with Crippen LogP contribution in [-0.2, 0) is 19.1 Å². The van der Waals surface area contributed by atoms with Crippen molar-refractivity contribution in [3.05, 3.63) is 25.3 Å². The second kappa shape index (κ2) is 10.2. The van der Waals surface area contributed by atoms with Gasteiger partial charge < -0.3 is 19.6 Å². The van der Waals surface area contributed by atoms with Crippen molar-refractivity contribution in [1.82, 2.24) is 9.80 Å². The normalized spacial score (nSPS) is 30.3. The second-order valence-corrected chi connectivity index (χ2v) is 11.8. The van der Waals surface area contributed by atoms with Crippen LogP contribution >= 0.6 is 11.8 Å². The van der Waals surface area contributed by atoms with Crippen LogP contribution < -0.4 is 0 Å². The summed E-state index contributed by atoms with van der Waals surface area (Å²) in [6.45, 7) is 14.5. The highest BCUT2D eigenvalue weighted by Gasteiger charge is 2.74. The summed E-state index contributed by atoms with van der Waals surface area (Å²) >= 11 is 1.65. The number of hydrogen-bond acceptors (Lipinski definition) is 6. The zero-order valence-electron chi connectivity index (χ0n) is 20.1. The summed E-state index contributed by atoms with van der Waals surface area (Å²) in [6, 6.07) is -0.615. The van der Waals surface area contributed by atoms with Crippen molar-refractivity contribution in [3.63, 3.8) is 0 Å². The van der Waals surface area contributed by atoms with Gasteiger partial charge in [0.25, 0.3) is 0 Å². The first-order valence-corrected chi connectivity index (χ1v) is 12.8. The number of rotatable bonds is 11. The molecule has 2 bridgehead atoms. The maximum Gasteiger partial charge on any atom is 0.311 e. The fourth-order valence-electron chi connectivity index (χ4n) is 5.72. The summed E-state index contributed by atoms with van der Waals surface area (Å²) in [5.74, 6) is -1.62. The van der Waals surface area contributed by atoms with Crippen LogP contribution in [0.3, 0.4) is 0 Å². The molecule has 3 heterocycles. The second-order valence-electron chi connectivity index (χ2n) is 10.2. The van der Waals surface area contributed by atoms with Crippen molar-refractivity contribution < 1.29 is 24.2 Å². The Morgan fingerprint density at radius 1 is 1.27 bits per heavy atom. The molecule has 8 heteroatoms. The molecule has 0 aromatic rings. The number of esters is 1. The summed E-state index contributed by atoms with van der Waals surface area (Å²) < 4.78 is 4.78. The number of likely N-dealkylation sites (tertiary alicyclic amines) is 1. The summed E-state index contributed by atoms with van der Waals surface area (Å²) in [6.07, 6.45) is 6.91. The number of nitrogens with zero attached hydrogens (tertiary/aromatic N) is 2. The van der Waals surface area contributed by atoms with Gasteiger partial charge in [0.2, 0.25) is 11.8 Å². The van der Waals surface area contributed by atoms with E-state index in [1.165, 1.54) is 6.08 Å². The lowest BCUT2D eigenvalue weighted by atomic mass is 9.71. The first kappa shape index (κ1) is 25.8. The van der Waals surface area contributed by atoms with E-state index in [0.29, 0.717) is 25.9 Å². The number of aliphatic hydroxyl groups excluding tert-OH is 1. The molecule has 3 rings (SSSR count). The Morgan fingerprint density at radius 3 is 2.61 bits per heavy atom. The molecule has 3 aliphatic heterocycles. The highest BCUT2D eigenvalue weighted by Crippen LogP contribution is 2.66. The van der Waals surface area contributed by atoms with Gasteiger partial charge in [-0.05, 0) is 52.9 Å². The molecule has 0 aromatic heterocycles. The van der Waals surface area contributed by atoms with E-state index < -0.39 is 28.2 Å². The van der Waals surface area contributed by atoms with Crippen LogP contribution in [0.2, 0.25) is 0 Å². The Hall–Kier alpha value is -1.80. The number of thioether (sulfide) groups is 1. The minimum Gasteiger partial charge on any atom is -0.461 e. The topological polar surface area (TPSA) is 87.1 Å². The lowest BCUT2D eigenvalue weighted by Gasteiger charge is -2.42. The Balaban J connectivity index is 1.98. The van der Waals surface area contributed by atoms with Gasteiger partial charge in [-0.2, -0.15) is 0 Å². The van der Waals surface area contributed by atoms with Gasteiger partial charge in [-0.3, -0.25) is 14.4 Å². The molecule has 0 saturated carbocycles. The molecular formula is C25H38N2O5S. The number of carbonyl (C=O) groups excluding carboxylic acids is 3. The number of aliphatic hydroxyl groups is 1. The van der Waals surface area contributed by atoms with Gasteiger partial charge in [-0.25, -0.2) is 0 Å². The first-order valence-electron chi connectivity index (χ1n) is 11.9. The molecular weight excluding hydrogens is 440 g/mol. The van der Waals surface area contributed by atoms with Gasteiger partial charge in [0, 0.05) is 30.5 Å². The van der Waals surface area contributed by atoms with Crippen molar-refractivity contribution >= 4 is 29.5 Å². The summed E-state index contributed by atoms with van der Waals surface area (Å²) in [7, 11) is 0. The monoisotopic (exact) mass is 478 g/mol. The van der Waals surface area contributed by atoms with Crippen LogP contribution in [0.4, 0.5) is 0 Å². The van der Waals surface area contributed by atoms with Crippen LogP contribution in [0.15, 0.2) is 25.3 Å². The number of hydrogen-bond donors (Lipinski definition) is 1. The van der Waals surface area contributed by atoms with E-state index in [1.54, 1.807) is 27.6 Å². The summed E-state index contributed by atoms with van der Waals surface area (Å²) in [5.41, 5.74) is -0.435. The van der Waals surface area contributed by atoms with E-state index in [2.05, 4.69) is 13.2 Å². The van der Waals surface area contributed by atoms with Gasteiger partial charge in [-0.15, -0.1) is 18.3 Å². The average Bonchev–Trinajstić information content (AvgIpc) is 3.39. The molecule has 1 N–H and O–H groups in total. The van der Waals surface area contributed by atoms with E-state index in [0.717, 1.165) is 19.3 Å². The first-order chi connectivity index (χ1) is 15.6. The third kappa shape index (κ3) is 4.61. The third-order valence-electron chi connectivity index (χ3n) is 7.09. The highest BCUT2D eigenvalue weighted by atomic mass is 32.2. The van der Waals surface area contributed by atoms with Crippen LogP contribution in [0.25, 0.3) is 0 Å². The smallest absolute Gasteiger partial charge is 0.311 e. The quantitative estimate of drug-likeness (QED) is 0.279. The minimum atomic E-state index is -0.615. The van der Waals surface area contributed by atoms with E-state index in [4.69, 9.17) is 9.84 Å². The number of unbranched alkanes of at least 4 members (excludes halogenated alkanes) is 2. The van der Waals surface area contributed by atoms with Crippen LogP contribution in [-0.4, -0.2) is 80.6 Å². The van der Waals surface area contributed by atoms with Crippen LogP contribution in [0.5, 0.6) is 0 Å². The summed E-state index contributed by atoms with van der Waals surface area (Å²) in [4.78, 5) is 44.4. The molecule has 5 atom stereocenters. The Morgan fingerprint density at radius 2 is 2.00 bits per heavy atom. The molecule has 2 amide bonds. The van der Waals surface area contributed by atoms with Gasteiger partial charge in [-0.1, -0.05) is 18.7 Å².